The SMILES string of the molecule is CO[C@H]1O[C@H](CO)[C@@H](OC(C)=O)[C@@H](OC(C)=O)[C@H]1I. The molecule has 1 aliphatic heterocycles. The topological polar surface area (TPSA) is 91.3 Å². The molecule has 7 nitrogen and oxygen atoms in total. The largest absolute Gasteiger partial charge is 0.457 e. The Hall–Kier alpha value is -0.450. The van der Waals surface area contributed by atoms with Crippen molar-refractivity contribution in [3.8, 4) is 0 Å². The lowest BCUT2D eigenvalue weighted by Crippen LogP contribution is -2.59. The second kappa shape index (κ2) is 7.36. The smallest absolute Gasteiger partial charge is 0.303 e. The van der Waals surface area contributed by atoms with Crippen LogP contribution >= 0.6 is 22.6 Å². The number of halogens is 1. The summed E-state index contributed by atoms with van der Waals surface area (Å²) in [6.07, 6.45) is -3.06. The number of ether oxygens (including phenoxy) is 4. The van der Waals surface area contributed by atoms with Crippen LogP contribution in [-0.2, 0) is 28.5 Å². The number of methoxy groups -OCH3 is 1. The van der Waals surface area contributed by atoms with E-state index >= 15 is 0 Å². The third-order valence-corrected chi connectivity index (χ3v) is 3.89. The number of alkyl halides is 1. The normalized spacial score (nSPS) is 34.7. The van der Waals surface area contributed by atoms with Crippen molar-refractivity contribution in [2.24, 2.45) is 0 Å². The molecular weight excluding hydrogens is 371 g/mol. The Labute approximate surface area is 124 Å². The van der Waals surface area contributed by atoms with E-state index in [0.717, 1.165) is 0 Å². The number of carbonyl (C=O) groups is 2. The number of esters is 2. The van der Waals surface area contributed by atoms with Gasteiger partial charge in [0.05, 0.1) is 6.61 Å². The highest BCUT2D eigenvalue weighted by Crippen LogP contribution is 2.31. The van der Waals surface area contributed by atoms with E-state index in [-0.39, 0.29) is 10.5 Å². The number of carbonyl (C=O) groups excluding carboxylic acids is 2. The summed E-state index contributed by atoms with van der Waals surface area (Å²) in [4.78, 5) is 22.3. The Morgan fingerprint density at radius 3 is 2.16 bits per heavy atom. The molecule has 1 N–H and O–H groups in total. The Balaban J connectivity index is 2.96. The van der Waals surface area contributed by atoms with Gasteiger partial charge in [0.25, 0.3) is 0 Å². The van der Waals surface area contributed by atoms with E-state index in [4.69, 9.17) is 18.9 Å². The molecule has 19 heavy (non-hydrogen) atoms. The second-order valence-electron chi connectivity index (χ2n) is 4.05. The summed E-state index contributed by atoms with van der Waals surface area (Å²) in [5.74, 6) is -1.04. The van der Waals surface area contributed by atoms with Gasteiger partial charge in [-0.3, -0.25) is 9.59 Å². The van der Waals surface area contributed by atoms with E-state index in [1.807, 2.05) is 22.6 Å². The predicted molar refractivity (Wildman–Crippen MR) is 71.7 cm³/mol. The third-order valence-electron chi connectivity index (χ3n) is 2.59. The lowest BCUT2D eigenvalue weighted by molar-refractivity contribution is -0.252. The van der Waals surface area contributed by atoms with Gasteiger partial charge >= 0.3 is 11.9 Å². The van der Waals surface area contributed by atoms with Crippen molar-refractivity contribution in [3.05, 3.63) is 0 Å². The van der Waals surface area contributed by atoms with Gasteiger partial charge in [0.15, 0.2) is 18.5 Å². The van der Waals surface area contributed by atoms with Crippen molar-refractivity contribution in [3.63, 3.8) is 0 Å². The van der Waals surface area contributed by atoms with Gasteiger partial charge in [-0.25, -0.2) is 0 Å². The fourth-order valence-corrected chi connectivity index (χ4v) is 2.88. The molecule has 110 valence electrons. The van der Waals surface area contributed by atoms with Crippen LogP contribution in [0.15, 0.2) is 0 Å². The Morgan fingerprint density at radius 1 is 1.21 bits per heavy atom. The summed E-state index contributed by atoms with van der Waals surface area (Å²) in [7, 11) is 1.45. The van der Waals surface area contributed by atoms with E-state index in [0.29, 0.717) is 0 Å². The molecular formula is C11H17IO7. The molecule has 0 aromatic heterocycles. The maximum atomic E-state index is 11.2. The molecule has 0 aromatic carbocycles. The summed E-state index contributed by atoms with van der Waals surface area (Å²) < 4.78 is 20.5. The second-order valence-corrected chi connectivity index (χ2v) is 5.49. The minimum absolute atomic E-state index is 0.362. The zero-order chi connectivity index (χ0) is 14.6. The monoisotopic (exact) mass is 388 g/mol. The summed E-state index contributed by atoms with van der Waals surface area (Å²) >= 11 is 2.00. The molecule has 0 radical (unpaired) electrons. The first-order chi connectivity index (χ1) is 8.90. The zero-order valence-corrected chi connectivity index (χ0v) is 13.0. The summed E-state index contributed by atoms with van der Waals surface area (Å²) in [5.41, 5.74) is 0. The minimum atomic E-state index is -0.861. The predicted octanol–water partition coefficient (Wildman–Crippen LogP) is 0.0170. The minimum Gasteiger partial charge on any atom is -0.457 e. The lowest BCUT2D eigenvalue weighted by Gasteiger charge is -2.42. The number of hydrogen-bond acceptors (Lipinski definition) is 7. The summed E-state index contributed by atoms with van der Waals surface area (Å²) in [6, 6.07) is 0. The molecule has 1 rings (SSSR count). The highest BCUT2D eigenvalue weighted by molar-refractivity contribution is 14.1. The van der Waals surface area contributed by atoms with Crippen molar-refractivity contribution >= 4 is 34.5 Å². The average Bonchev–Trinajstić information content (AvgIpc) is 2.33. The van der Waals surface area contributed by atoms with Gasteiger partial charge in [-0.2, -0.15) is 0 Å². The number of hydrogen-bond donors (Lipinski definition) is 1. The van der Waals surface area contributed by atoms with Gasteiger partial charge in [-0.1, -0.05) is 22.6 Å². The molecule has 1 fully saturated rings. The van der Waals surface area contributed by atoms with Gasteiger partial charge < -0.3 is 24.1 Å². The number of aliphatic hydroxyl groups is 1. The first-order valence-electron chi connectivity index (χ1n) is 5.68. The van der Waals surface area contributed by atoms with Crippen molar-refractivity contribution in [2.75, 3.05) is 13.7 Å². The molecule has 0 amide bonds. The van der Waals surface area contributed by atoms with Crippen LogP contribution in [0.2, 0.25) is 0 Å². The fourth-order valence-electron chi connectivity index (χ4n) is 1.86. The summed E-state index contributed by atoms with van der Waals surface area (Å²) in [5, 5.41) is 9.31. The molecule has 5 atom stereocenters. The van der Waals surface area contributed by atoms with Gasteiger partial charge in [0.2, 0.25) is 0 Å². The van der Waals surface area contributed by atoms with Crippen molar-refractivity contribution in [1.29, 1.82) is 0 Å². The average molecular weight is 388 g/mol. The van der Waals surface area contributed by atoms with Crippen LogP contribution in [0.3, 0.4) is 0 Å². The molecule has 0 aromatic rings. The molecule has 0 aliphatic carbocycles. The Kier molecular flexibility index (Phi) is 6.43. The maximum Gasteiger partial charge on any atom is 0.303 e. The van der Waals surface area contributed by atoms with Crippen LogP contribution in [0.25, 0.3) is 0 Å². The van der Waals surface area contributed by atoms with Crippen LogP contribution in [0.4, 0.5) is 0 Å². The van der Waals surface area contributed by atoms with E-state index in [1.165, 1.54) is 21.0 Å². The van der Waals surface area contributed by atoms with E-state index in [1.54, 1.807) is 0 Å². The van der Waals surface area contributed by atoms with Crippen LogP contribution in [0.5, 0.6) is 0 Å². The quantitative estimate of drug-likeness (QED) is 0.413. The number of aliphatic hydroxyl groups excluding tert-OH is 1. The van der Waals surface area contributed by atoms with Crippen molar-refractivity contribution in [2.45, 2.75) is 42.4 Å². The van der Waals surface area contributed by atoms with Gasteiger partial charge in [-0.05, 0) is 0 Å². The Morgan fingerprint density at radius 2 is 1.74 bits per heavy atom. The van der Waals surface area contributed by atoms with Gasteiger partial charge in [-0.15, -0.1) is 0 Å². The van der Waals surface area contributed by atoms with Crippen LogP contribution in [0, 0.1) is 0 Å². The molecule has 0 bridgehead atoms. The molecule has 0 saturated carbocycles. The summed E-state index contributed by atoms with van der Waals surface area (Å²) in [6.45, 7) is 2.13. The van der Waals surface area contributed by atoms with Crippen LogP contribution in [-0.4, -0.2) is 59.3 Å². The number of rotatable bonds is 4. The molecule has 8 heteroatoms. The highest BCUT2D eigenvalue weighted by atomic mass is 127. The zero-order valence-electron chi connectivity index (χ0n) is 10.9. The molecule has 0 spiro atoms. The maximum absolute atomic E-state index is 11.2. The lowest BCUT2D eigenvalue weighted by atomic mass is 10.0. The molecule has 1 heterocycles. The van der Waals surface area contributed by atoms with E-state index in [9.17, 15) is 14.7 Å². The van der Waals surface area contributed by atoms with E-state index < -0.39 is 36.5 Å². The highest BCUT2D eigenvalue weighted by Gasteiger charge is 2.48. The van der Waals surface area contributed by atoms with Gasteiger partial charge in [0, 0.05) is 21.0 Å². The molecule has 0 unspecified atom stereocenters. The van der Waals surface area contributed by atoms with Gasteiger partial charge in [0.1, 0.15) is 10.0 Å². The van der Waals surface area contributed by atoms with Crippen LogP contribution < -0.4 is 0 Å². The van der Waals surface area contributed by atoms with E-state index in [2.05, 4.69) is 0 Å². The Bertz CT molecular complexity index is 335. The van der Waals surface area contributed by atoms with Crippen LogP contribution in [0.1, 0.15) is 13.8 Å². The molecule has 1 saturated heterocycles. The first kappa shape index (κ1) is 16.6. The van der Waals surface area contributed by atoms with Crippen molar-refractivity contribution < 1.29 is 33.6 Å². The molecule has 1 aliphatic rings. The first-order valence-corrected chi connectivity index (χ1v) is 6.92. The fraction of sp³-hybridized carbons (Fsp3) is 0.818. The third kappa shape index (κ3) is 4.26. The standard InChI is InChI=1S/C11H17IO7/c1-5(14)17-9-7(4-13)19-11(16-3)8(12)10(9)18-6(2)15/h7-11,13H,4H2,1-3H3/t7-,8-,9-,10+,11+/m1/s1. The van der Waals surface area contributed by atoms with Crippen molar-refractivity contribution in [1.82, 2.24) is 0 Å².